The average molecular weight is 324 g/mol. The van der Waals surface area contributed by atoms with Gasteiger partial charge in [0.2, 0.25) is 0 Å². The lowest BCUT2D eigenvalue weighted by Crippen LogP contribution is -2.47. The monoisotopic (exact) mass is 323 g/mol. The molecule has 1 aliphatic rings. The lowest BCUT2D eigenvalue weighted by Gasteiger charge is -2.41. The van der Waals surface area contributed by atoms with Gasteiger partial charge in [0.15, 0.2) is 0 Å². The van der Waals surface area contributed by atoms with Crippen LogP contribution in [0, 0.1) is 5.92 Å². The molecule has 23 heavy (non-hydrogen) atoms. The molecular formula is C22H45N. The Morgan fingerprint density at radius 2 is 1.26 bits per heavy atom. The lowest BCUT2D eigenvalue weighted by atomic mass is 9.78. The highest BCUT2D eigenvalue weighted by atomic mass is 15.2. The lowest BCUT2D eigenvalue weighted by molar-refractivity contribution is 0.0857. The van der Waals surface area contributed by atoms with Gasteiger partial charge in [-0.25, -0.2) is 0 Å². The van der Waals surface area contributed by atoms with Gasteiger partial charge in [0.1, 0.15) is 0 Å². The van der Waals surface area contributed by atoms with Gasteiger partial charge in [-0.1, -0.05) is 91.9 Å². The zero-order valence-corrected chi connectivity index (χ0v) is 16.8. The van der Waals surface area contributed by atoms with Crippen molar-refractivity contribution in [1.29, 1.82) is 0 Å². The number of hydrogen-bond donors (Lipinski definition) is 0. The summed E-state index contributed by atoms with van der Waals surface area (Å²) >= 11 is 0. The summed E-state index contributed by atoms with van der Waals surface area (Å²) in [6.45, 7) is 12.3. The Kier molecular flexibility index (Phi) is 11.3. The summed E-state index contributed by atoms with van der Waals surface area (Å²) in [4.78, 5) is 2.87. The predicted molar refractivity (Wildman–Crippen MR) is 105 cm³/mol. The van der Waals surface area contributed by atoms with Crippen LogP contribution < -0.4 is 0 Å². The summed E-state index contributed by atoms with van der Waals surface area (Å²) in [5.74, 6) is 0.945. The molecule has 1 rings (SSSR count). The van der Waals surface area contributed by atoms with Gasteiger partial charge in [-0.2, -0.15) is 0 Å². The van der Waals surface area contributed by atoms with Crippen LogP contribution in [0.1, 0.15) is 118 Å². The van der Waals surface area contributed by atoms with Gasteiger partial charge in [-0.3, -0.25) is 4.90 Å². The normalized spacial score (nSPS) is 21.1. The third kappa shape index (κ3) is 6.40. The Labute approximate surface area is 147 Å². The standard InChI is InChI=1S/C22H45N/c1-5-9-10-11-12-13-14-15-16-17-19-23-20-18-21(6-2)22(23,7-3)8-4/h21H,5-20H2,1-4H3. The zero-order valence-electron chi connectivity index (χ0n) is 16.8. The van der Waals surface area contributed by atoms with Crippen LogP contribution in [0.15, 0.2) is 0 Å². The van der Waals surface area contributed by atoms with Crippen LogP contribution in [0.5, 0.6) is 0 Å². The summed E-state index contributed by atoms with van der Waals surface area (Å²) in [7, 11) is 0. The van der Waals surface area contributed by atoms with Gasteiger partial charge in [0.25, 0.3) is 0 Å². The van der Waals surface area contributed by atoms with Crippen LogP contribution in [0.4, 0.5) is 0 Å². The number of likely N-dealkylation sites (tertiary alicyclic amines) is 1. The Hall–Kier alpha value is -0.0400. The van der Waals surface area contributed by atoms with Crippen molar-refractivity contribution in [3.05, 3.63) is 0 Å². The van der Waals surface area contributed by atoms with E-state index in [1.165, 1.54) is 103 Å². The van der Waals surface area contributed by atoms with Gasteiger partial charge in [-0.15, -0.1) is 0 Å². The molecule has 0 aliphatic carbocycles. The number of unbranched alkanes of at least 4 members (excludes halogenated alkanes) is 9. The van der Waals surface area contributed by atoms with E-state index in [9.17, 15) is 0 Å². The van der Waals surface area contributed by atoms with Gasteiger partial charge in [0, 0.05) is 5.54 Å². The van der Waals surface area contributed by atoms with E-state index >= 15 is 0 Å². The molecular weight excluding hydrogens is 278 g/mol. The highest BCUT2D eigenvalue weighted by Crippen LogP contribution is 2.42. The van der Waals surface area contributed by atoms with E-state index in [1.54, 1.807) is 0 Å². The minimum atomic E-state index is 0.536. The number of rotatable bonds is 14. The van der Waals surface area contributed by atoms with Crippen molar-refractivity contribution in [3.63, 3.8) is 0 Å². The second kappa shape index (κ2) is 12.3. The highest BCUT2D eigenvalue weighted by Gasteiger charge is 2.44. The summed E-state index contributed by atoms with van der Waals surface area (Å²) in [5, 5.41) is 0. The quantitative estimate of drug-likeness (QED) is 0.305. The molecule has 1 heterocycles. The predicted octanol–water partition coefficient (Wildman–Crippen LogP) is 7.20. The van der Waals surface area contributed by atoms with Gasteiger partial charge >= 0.3 is 0 Å². The van der Waals surface area contributed by atoms with Crippen molar-refractivity contribution in [3.8, 4) is 0 Å². The smallest absolute Gasteiger partial charge is 0.0232 e. The molecule has 0 aromatic carbocycles. The minimum absolute atomic E-state index is 0.536. The molecule has 1 atom stereocenters. The molecule has 0 bridgehead atoms. The molecule has 0 radical (unpaired) electrons. The molecule has 1 fully saturated rings. The van der Waals surface area contributed by atoms with E-state index in [-0.39, 0.29) is 0 Å². The molecule has 0 N–H and O–H groups in total. The molecule has 0 aromatic heterocycles. The minimum Gasteiger partial charge on any atom is -0.297 e. The third-order valence-corrected chi connectivity index (χ3v) is 6.64. The van der Waals surface area contributed by atoms with Crippen LogP contribution in [0.2, 0.25) is 0 Å². The van der Waals surface area contributed by atoms with Crippen LogP contribution in [0.3, 0.4) is 0 Å². The highest BCUT2D eigenvalue weighted by molar-refractivity contribution is 4.99. The average Bonchev–Trinajstić information content (AvgIpc) is 2.94. The van der Waals surface area contributed by atoms with Crippen molar-refractivity contribution < 1.29 is 0 Å². The SMILES string of the molecule is CCCCCCCCCCCCN1CCC(CC)C1(CC)CC. The van der Waals surface area contributed by atoms with Crippen LogP contribution >= 0.6 is 0 Å². The van der Waals surface area contributed by atoms with Gasteiger partial charge in [-0.05, 0) is 44.7 Å². The Bertz CT molecular complexity index is 269. The molecule has 1 unspecified atom stereocenters. The maximum absolute atomic E-state index is 2.87. The molecule has 1 saturated heterocycles. The van der Waals surface area contributed by atoms with E-state index in [1.807, 2.05) is 0 Å². The Balaban J connectivity index is 2.11. The number of nitrogens with zero attached hydrogens (tertiary/aromatic N) is 1. The summed E-state index contributed by atoms with van der Waals surface area (Å²) < 4.78 is 0. The summed E-state index contributed by atoms with van der Waals surface area (Å²) in [5.41, 5.74) is 0.536. The first-order valence-electron chi connectivity index (χ1n) is 11.0. The van der Waals surface area contributed by atoms with E-state index in [0.29, 0.717) is 5.54 Å². The van der Waals surface area contributed by atoms with Gasteiger partial charge in [0.05, 0.1) is 0 Å². The second-order valence-electron chi connectivity index (χ2n) is 7.87. The first kappa shape index (κ1) is 21.0. The Morgan fingerprint density at radius 3 is 1.74 bits per heavy atom. The van der Waals surface area contributed by atoms with E-state index < -0.39 is 0 Å². The maximum Gasteiger partial charge on any atom is 0.0232 e. The second-order valence-corrected chi connectivity index (χ2v) is 7.87. The van der Waals surface area contributed by atoms with Crippen LogP contribution in [0.25, 0.3) is 0 Å². The first-order valence-corrected chi connectivity index (χ1v) is 11.0. The molecule has 0 aromatic rings. The molecule has 1 aliphatic heterocycles. The van der Waals surface area contributed by atoms with Gasteiger partial charge < -0.3 is 0 Å². The molecule has 1 nitrogen and oxygen atoms in total. The fourth-order valence-electron chi connectivity index (χ4n) is 5.04. The molecule has 0 amide bonds. The van der Waals surface area contributed by atoms with Crippen molar-refractivity contribution in [2.24, 2.45) is 5.92 Å². The molecule has 138 valence electrons. The van der Waals surface area contributed by atoms with Crippen LogP contribution in [-0.2, 0) is 0 Å². The van der Waals surface area contributed by atoms with E-state index in [0.717, 1.165) is 5.92 Å². The maximum atomic E-state index is 2.87. The van der Waals surface area contributed by atoms with E-state index in [2.05, 4.69) is 32.6 Å². The largest absolute Gasteiger partial charge is 0.297 e. The summed E-state index contributed by atoms with van der Waals surface area (Å²) in [6, 6.07) is 0. The molecule has 0 spiro atoms. The van der Waals surface area contributed by atoms with Crippen molar-refractivity contribution >= 4 is 0 Å². The molecule has 1 heteroatoms. The first-order chi connectivity index (χ1) is 11.2. The summed E-state index contributed by atoms with van der Waals surface area (Å²) in [6.07, 6.45) is 20.0. The Morgan fingerprint density at radius 1 is 0.739 bits per heavy atom. The topological polar surface area (TPSA) is 3.24 Å². The van der Waals surface area contributed by atoms with Crippen molar-refractivity contribution in [2.75, 3.05) is 13.1 Å². The molecule has 0 saturated carbocycles. The fourth-order valence-corrected chi connectivity index (χ4v) is 5.04. The number of hydrogen-bond acceptors (Lipinski definition) is 1. The zero-order chi connectivity index (χ0) is 17.0. The van der Waals surface area contributed by atoms with Crippen LogP contribution in [-0.4, -0.2) is 23.5 Å². The van der Waals surface area contributed by atoms with Crippen molar-refractivity contribution in [2.45, 2.75) is 123 Å². The third-order valence-electron chi connectivity index (χ3n) is 6.64. The van der Waals surface area contributed by atoms with E-state index in [4.69, 9.17) is 0 Å². The van der Waals surface area contributed by atoms with Crippen molar-refractivity contribution in [1.82, 2.24) is 4.90 Å². The fraction of sp³-hybridized carbons (Fsp3) is 1.00.